The average Bonchev–Trinajstić information content (AvgIpc) is 2.87. The molecule has 3 aromatic rings. The van der Waals surface area contributed by atoms with E-state index in [1.54, 1.807) is 6.20 Å². The second-order valence-electron chi connectivity index (χ2n) is 8.96. The average molecular weight is 470 g/mol. The zero-order valence-electron chi connectivity index (χ0n) is 20.3. The number of anilines is 3. The van der Waals surface area contributed by atoms with Crippen molar-refractivity contribution in [2.24, 2.45) is 0 Å². The molecule has 0 saturated carbocycles. The van der Waals surface area contributed by atoms with E-state index >= 15 is 0 Å². The van der Waals surface area contributed by atoms with Crippen molar-refractivity contribution in [3.05, 3.63) is 89.6 Å². The molecule has 1 aliphatic heterocycles. The van der Waals surface area contributed by atoms with Gasteiger partial charge in [0.2, 0.25) is 5.95 Å². The van der Waals surface area contributed by atoms with Crippen molar-refractivity contribution in [3.63, 3.8) is 0 Å². The first-order chi connectivity index (χ1) is 16.9. The standard InChI is InChI=1S/C28H31N5O2/c1-4-24(34)16-22-15-19(2)12-13-25(22)31-26-20(3)17-29-28(32-26)30-23-11-8-14-33(18-23)27(35)21-9-6-5-7-10-21/h4-7,9-10,12-13,15,17,23H,1,8,11,14,16,18H2,2-3H3,(H2,29,30,31,32)/t23-/m0/s1. The number of rotatable bonds is 8. The maximum Gasteiger partial charge on any atom is 0.253 e. The fraction of sp³-hybridized carbons (Fsp3) is 0.286. The van der Waals surface area contributed by atoms with Crippen LogP contribution in [0.2, 0.25) is 0 Å². The van der Waals surface area contributed by atoms with Gasteiger partial charge in [-0.25, -0.2) is 4.98 Å². The number of carbonyl (C=O) groups is 2. The Morgan fingerprint density at radius 3 is 2.74 bits per heavy atom. The van der Waals surface area contributed by atoms with Gasteiger partial charge in [0.15, 0.2) is 5.78 Å². The fourth-order valence-electron chi connectivity index (χ4n) is 4.24. The first-order valence-corrected chi connectivity index (χ1v) is 11.9. The quantitative estimate of drug-likeness (QED) is 0.459. The summed E-state index contributed by atoms with van der Waals surface area (Å²) in [5.74, 6) is 1.19. The van der Waals surface area contributed by atoms with Crippen LogP contribution in [0.4, 0.5) is 17.5 Å². The minimum absolute atomic E-state index is 0.0349. The Balaban J connectivity index is 1.48. The summed E-state index contributed by atoms with van der Waals surface area (Å²) in [5.41, 5.74) is 4.40. The van der Waals surface area contributed by atoms with Gasteiger partial charge in [0.1, 0.15) is 5.82 Å². The van der Waals surface area contributed by atoms with Crippen molar-refractivity contribution in [1.82, 2.24) is 14.9 Å². The Morgan fingerprint density at radius 2 is 1.97 bits per heavy atom. The first-order valence-electron chi connectivity index (χ1n) is 11.9. The number of nitrogens with zero attached hydrogens (tertiary/aromatic N) is 3. The number of piperidine rings is 1. The van der Waals surface area contributed by atoms with Crippen LogP contribution in [0.3, 0.4) is 0 Å². The SMILES string of the molecule is C=CC(=O)Cc1cc(C)ccc1Nc1nc(N[C@H]2CCCN(C(=O)c3ccccc3)C2)ncc1C. The number of amides is 1. The van der Waals surface area contributed by atoms with Crippen LogP contribution in [0.25, 0.3) is 0 Å². The summed E-state index contributed by atoms with van der Waals surface area (Å²) in [6, 6.07) is 15.4. The van der Waals surface area contributed by atoms with Crippen molar-refractivity contribution >= 4 is 29.1 Å². The summed E-state index contributed by atoms with van der Waals surface area (Å²) in [6.45, 7) is 8.86. The number of aryl methyl sites for hydroxylation is 2. The van der Waals surface area contributed by atoms with Crippen molar-refractivity contribution in [2.45, 2.75) is 39.2 Å². The van der Waals surface area contributed by atoms with Crippen LogP contribution < -0.4 is 10.6 Å². The summed E-state index contributed by atoms with van der Waals surface area (Å²) in [4.78, 5) is 35.9. The lowest BCUT2D eigenvalue weighted by atomic mass is 10.0. The van der Waals surface area contributed by atoms with Gasteiger partial charge in [-0.3, -0.25) is 9.59 Å². The van der Waals surface area contributed by atoms with Crippen LogP contribution in [0.5, 0.6) is 0 Å². The number of aromatic nitrogens is 2. The molecule has 2 aromatic carbocycles. The highest BCUT2D eigenvalue weighted by molar-refractivity contribution is 5.94. The number of benzene rings is 2. The lowest BCUT2D eigenvalue weighted by Crippen LogP contribution is -2.45. The number of likely N-dealkylation sites (tertiary alicyclic amines) is 1. The van der Waals surface area contributed by atoms with Gasteiger partial charge >= 0.3 is 0 Å². The molecule has 1 saturated heterocycles. The summed E-state index contributed by atoms with van der Waals surface area (Å²) in [6.07, 6.45) is 5.24. The van der Waals surface area contributed by atoms with Gasteiger partial charge < -0.3 is 15.5 Å². The molecule has 1 aliphatic rings. The zero-order valence-corrected chi connectivity index (χ0v) is 20.3. The van der Waals surface area contributed by atoms with E-state index < -0.39 is 0 Å². The molecule has 7 heteroatoms. The predicted octanol–water partition coefficient (Wildman–Crippen LogP) is 4.85. The maximum absolute atomic E-state index is 12.9. The zero-order chi connectivity index (χ0) is 24.8. The molecular formula is C28H31N5O2. The molecule has 0 spiro atoms. The van der Waals surface area contributed by atoms with E-state index in [1.165, 1.54) is 6.08 Å². The van der Waals surface area contributed by atoms with Crippen LogP contribution in [-0.2, 0) is 11.2 Å². The summed E-state index contributed by atoms with van der Waals surface area (Å²) in [5, 5.41) is 6.79. The highest BCUT2D eigenvalue weighted by atomic mass is 16.2. The molecular weight excluding hydrogens is 438 g/mol. The smallest absolute Gasteiger partial charge is 0.253 e. The number of allylic oxidation sites excluding steroid dienone is 1. The summed E-state index contributed by atoms with van der Waals surface area (Å²) >= 11 is 0. The third kappa shape index (κ3) is 6.12. The molecule has 1 amide bonds. The van der Waals surface area contributed by atoms with Gasteiger partial charge in [-0.1, -0.05) is 42.5 Å². The minimum Gasteiger partial charge on any atom is -0.350 e. The fourth-order valence-corrected chi connectivity index (χ4v) is 4.24. The van der Waals surface area contributed by atoms with Gasteiger partial charge in [0.25, 0.3) is 5.91 Å². The molecule has 35 heavy (non-hydrogen) atoms. The lowest BCUT2D eigenvalue weighted by Gasteiger charge is -2.33. The number of nitrogens with one attached hydrogen (secondary N) is 2. The third-order valence-corrected chi connectivity index (χ3v) is 6.14. The predicted molar refractivity (Wildman–Crippen MR) is 139 cm³/mol. The number of hydrogen-bond donors (Lipinski definition) is 2. The monoisotopic (exact) mass is 469 g/mol. The van der Waals surface area contributed by atoms with Crippen molar-refractivity contribution in [1.29, 1.82) is 0 Å². The molecule has 4 rings (SSSR count). The van der Waals surface area contributed by atoms with E-state index in [0.717, 1.165) is 41.8 Å². The molecule has 2 N–H and O–H groups in total. The molecule has 2 heterocycles. The number of carbonyl (C=O) groups excluding carboxylic acids is 2. The van der Waals surface area contributed by atoms with Crippen molar-refractivity contribution < 1.29 is 9.59 Å². The Bertz CT molecular complexity index is 1230. The maximum atomic E-state index is 12.9. The van der Waals surface area contributed by atoms with E-state index in [4.69, 9.17) is 4.98 Å². The van der Waals surface area contributed by atoms with Gasteiger partial charge in [0, 0.05) is 48.6 Å². The minimum atomic E-state index is -0.0349. The Hall–Kier alpha value is -4.00. The van der Waals surface area contributed by atoms with Gasteiger partial charge in [-0.2, -0.15) is 4.98 Å². The normalized spacial score (nSPS) is 15.4. The second kappa shape index (κ2) is 11.0. The molecule has 0 bridgehead atoms. The number of hydrogen-bond acceptors (Lipinski definition) is 6. The van der Waals surface area contributed by atoms with E-state index in [2.05, 4.69) is 22.2 Å². The summed E-state index contributed by atoms with van der Waals surface area (Å²) < 4.78 is 0. The Kier molecular flexibility index (Phi) is 7.55. The highest BCUT2D eigenvalue weighted by Crippen LogP contribution is 2.25. The van der Waals surface area contributed by atoms with E-state index in [-0.39, 0.29) is 24.2 Å². The lowest BCUT2D eigenvalue weighted by molar-refractivity contribution is -0.114. The Labute approximate surface area is 206 Å². The van der Waals surface area contributed by atoms with Crippen LogP contribution in [0.1, 0.15) is 39.9 Å². The molecule has 1 aromatic heterocycles. The molecule has 0 unspecified atom stereocenters. The topological polar surface area (TPSA) is 87.2 Å². The van der Waals surface area contributed by atoms with Gasteiger partial charge in [0.05, 0.1) is 0 Å². The van der Waals surface area contributed by atoms with Crippen molar-refractivity contribution in [3.8, 4) is 0 Å². The highest BCUT2D eigenvalue weighted by Gasteiger charge is 2.25. The molecule has 0 aliphatic carbocycles. The van der Waals surface area contributed by atoms with E-state index in [9.17, 15) is 9.59 Å². The summed E-state index contributed by atoms with van der Waals surface area (Å²) in [7, 11) is 0. The van der Waals surface area contributed by atoms with Crippen molar-refractivity contribution in [2.75, 3.05) is 23.7 Å². The van der Waals surface area contributed by atoms with E-state index in [1.807, 2.05) is 67.3 Å². The second-order valence-corrected chi connectivity index (χ2v) is 8.96. The van der Waals surface area contributed by atoms with Gasteiger partial charge in [-0.15, -0.1) is 0 Å². The van der Waals surface area contributed by atoms with Crippen LogP contribution in [0.15, 0.2) is 67.4 Å². The molecule has 0 radical (unpaired) electrons. The Morgan fingerprint density at radius 1 is 1.17 bits per heavy atom. The number of ketones is 1. The van der Waals surface area contributed by atoms with Crippen LogP contribution in [0, 0.1) is 13.8 Å². The first kappa shape index (κ1) is 24.1. The molecule has 1 atom stereocenters. The third-order valence-electron chi connectivity index (χ3n) is 6.14. The molecule has 7 nitrogen and oxygen atoms in total. The van der Waals surface area contributed by atoms with Crippen LogP contribution in [-0.4, -0.2) is 45.7 Å². The largest absolute Gasteiger partial charge is 0.350 e. The molecule has 1 fully saturated rings. The van der Waals surface area contributed by atoms with E-state index in [0.29, 0.717) is 23.9 Å². The van der Waals surface area contributed by atoms with Crippen LogP contribution >= 0.6 is 0 Å². The van der Waals surface area contributed by atoms with Gasteiger partial charge in [-0.05, 0) is 56.5 Å². The molecule has 180 valence electrons.